The van der Waals surface area contributed by atoms with Crippen LogP contribution in [0.1, 0.15) is 46.7 Å². The Balaban J connectivity index is 1.70. The van der Waals surface area contributed by atoms with Crippen LogP contribution >= 0.6 is 0 Å². The number of aryl methyl sites for hydroxylation is 1. The number of carboxylic acids is 2. The number of amides is 1. The van der Waals surface area contributed by atoms with E-state index in [0.717, 1.165) is 10.9 Å². The molecule has 0 aliphatic carbocycles. The SMILES string of the molecule is [2H]OC(=O)CC[C@@H](C(=O)O[2H])N([2H])C(=O)c1ccc(CCC2CN([2H])c3nc(N([2H])[2H])n([2H])c(=O)c32)cc1. The smallest absolute Gasteiger partial charge is 0.326 e. The van der Waals surface area contributed by atoms with Gasteiger partial charge in [0.05, 0.1) is 5.56 Å². The molecule has 1 aromatic carbocycles. The van der Waals surface area contributed by atoms with E-state index in [1.807, 2.05) is 0 Å². The molecule has 0 bridgehead atoms. The quantitative estimate of drug-likeness (QED) is 0.309. The maximum Gasteiger partial charge on any atom is 0.326 e. The third-order valence-electron chi connectivity index (χ3n) is 4.90. The van der Waals surface area contributed by atoms with Crippen molar-refractivity contribution in [3.05, 3.63) is 51.3 Å². The maximum absolute atomic E-state index is 12.7. The Morgan fingerprint density at radius 2 is 2.19 bits per heavy atom. The number of anilines is 2. The molecule has 7 N–H and O–H groups in total. The maximum atomic E-state index is 12.7. The third kappa shape index (κ3) is 5.38. The first kappa shape index (κ1) is 14.2. The number of benzene rings is 1. The van der Waals surface area contributed by atoms with E-state index in [2.05, 4.69) is 15.2 Å². The van der Waals surface area contributed by atoms with Gasteiger partial charge in [0.25, 0.3) is 14.3 Å². The molecule has 0 saturated heterocycles. The second-order valence-corrected chi connectivity index (χ2v) is 7.02. The van der Waals surface area contributed by atoms with Crippen LogP contribution in [0.15, 0.2) is 29.1 Å². The Kier molecular flexibility index (Phi) is 4.24. The Hall–Kier alpha value is -3.89. The summed E-state index contributed by atoms with van der Waals surface area (Å²) in [7, 11) is 0. The topological polar surface area (TPSA) is 188 Å². The second kappa shape index (κ2) is 9.28. The van der Waals surface area contributed by atoms with Crippen molar-refractivity contribution in [1.82, 2.24) is 15.3 Å². The van der Waals surface area contributed by atoms with Crippen molar-refractivity contribution in [2.24, 2.45) is 0 Å². The van der Waals surface area contributed by atoms with Crippen LogP contribution in [0.2, 0.25) is 7.06 Å². The van der Waals surface area contributed by atoms with Gasteiger partial charge < -0.3 is 26.6 Å². The molecule has 1 aromatic heterocycles. The molecule has 0 radical (unpaired) electrons. The lowest BCUT2D eigenvalue weighted by atomic mass is 9.95. The first-order chi connectivity index (χ1) is 18.0. The molecule has 1 aliphatic rings. The summed E-state index contributed by atoms with van der Waals surface area (Å²) in [6.45, 7) is 0.128. The van der Waals surface area contributed by atoms with Crippen molar-refractivity contribution in [3.63, 3.8) is 0 Å². The molecule has 164 valence electrons. The third-order valence-corrected chi connectivity index (χ3v) is 4.90. The number of nitrogens with two attached hydrogens (primary N) is 1. The van der Waals surface area contributed by atoms with Gasteiger partial charge in [0, 0.05) is 24.4 Å². The minimum absolute atomic E-state index is 0.00349. The van der Waals surface area contributed by atoms with Crippen molar-refractivity contribution in [2.75, 3.05) is 17.6 Å². The number of aliphatic carboxylic acids is 2. The molecule has 11 heteroatoms. The predicted octanol–water partition coefficient (Wildman–Crippen LogP) is 0.542. The lowest BCUT2D eigenvalue weighted by Gasteiger charge is -2.14. The summed E-state index contributed by atoms with van der Waals surface area (Å²) in [5.74, 6) is -4.08. The number of nitrogen functional groups attached to an aromatic ring is 1. The van der Waals surface area contributed by atoms with Crippen molar-refractivity contribution in [2.45, 2.75) is 37.6 Å². The summed E-state index contributed by atoms with van der Waals surface area (Å²) in [4.78, 5) is 52.7. The van der Waals surface area contributed by atoms with Gasteiger partial charge in [-0.05, 0) is 37.0 Å². The number of hydrogen-bond donors (Lipinski definition) is 6. The average molecular weight is 436 g/mol. The lowest BCUT2D eigenvalue weighted by Crippen LogP contribution is -2.41. The molecule has 11 nitrogen and oxygen atoms in total. The zero-order chi connectivity index (χ0) is 28.1. The van der Waals surface area contributed by atoms with Crippen molar-refractivity contribution in [3.8, 4) is 0 Å². The number of carboxylic acid groups (broad SMARTS) is 2. The molecule has 3 rings (SSSR count). The fraction of sp³-hybridized carbons (Fsp3) is 0.350. The van der Waals surface area contributed by atoms with Crippen molar-refractivity contribution < 1.29 is 31.7 Å². The van der Waals surface area contributed by atoms with E-state index in [0.29, 0.717) is 23.1 Å². The highest BCUT2D eigenvalue weighted by Crippen LogP contribution is 2.30. The number of hydrogen-bond acceptors (Lipinski definition) is 9. The highest BCUT2D eigenvalue weighted by Gasteiger charge is 2.27. The first-order valence-electron chi connectivity index (χ1n) is 12.5. The van der Waals surface area contributed by atoms with Gasteiger partial charge >= 0.3 is 11.9 Å². The molecule has 31 heavy (non-hydrogen) atoms. The van der Waals surface area contributed by atoms with Gasteiger partial charge in [0.1, 0.15) is 11.9 Å². The van der Waals surface area contributed by atoms with Gasteiger partial charge in [-0.1, -0.05) is 12.1 Å². The molecule has 1 unspecified atom stereocenters. The van der Waals surface area contributed by atoms with E-state index >= 15 is 0 Å². The number of rotatable bonds is 10. The minimum Gasteiger partial charge on any atom is -0.481 e. The fourth-order valence-electron chi connectivity index (χ4n) is 3.29. The number of nitrogens with zero attached hydrogens (tertiary/aromatic N) is 1. The number of aromatic amines is 1. The summed E-state index contributed by atoms with van der Waals surface area (Å²) in [6, 6.07) is 4.48. The Labute approximate surface area is 187 Å². The zero-order valence-corrected chi connectivity index (χ0v) is 16.2. The molecule has 2 heterocycles. The normalized spacial score (nSPS) is 18.6. The Morgan fingerprint density at radius 3 is 2.90 bits per heavy atom. The average Bonchev–Trinajstić information content (AvgIpc) is 3.23. The predicted molar refractivity (Wildman–Crippen MR) is 111 cm³/mol. The molecular formula is C20H23N5O6. The van der Waals surface area contributed by atoms with Crippen LogP contribution in [0.4, 0.5) is 11.8 Å². The number of H-pyrrole nitrogens is 1. The van der Waals surface area contributed by atoms with E-state index < -0.39 is 47.7 Å². The molecule has 2 aromatic rings. The minimum atomic E-state index is -1.57. The van der Waals surface area contributed by atoms with E-state index in [1.54, 1.807) is 12.1 Å². The highest BCUT2D eigenvalue weighted by molar-refractivity contribution is 5.96. The Bertz CT molecular complexity index is 1260. The summed E-state index contributed by atoms with van der Waals surface area (Å²) in [5, 5.41) is 8.90. The van der Waals surface area contributed by atoms with E-state index in [-0.39, 0.29) is 35.6 Å². The number of fused-ring (bicyclic) bond motifs is 1. The van der Waals surface area contributed by atoms with E-state index in [1.165, 1.54) is 12.1 Å². The summed E-state index contributed by atoms with van der Waals surface area (Å²) in [6.07, 6.45) is -0.0120. The molecule has 0 fully saturated rings. The van der Waals surface area contributed by atoms with Crippen LogP contribution in [-0.2, 0) is 16.0 Å². The van der Waals surface area contributed by atoms with Crippen LogP contribution in [-0.4, -0.2) is 50.6 Å². The van der Waals surface area contributed by atoms with Gasteiger partial charge in [0.15, 0.2) is 7.06 Å². The molecular weight excluding hydrogens is 406 g/mol. The van der Waals surface area contributed by atoms with E-state index in [4.69, 9.17) is 9.92 Å². The number of nitrogens with one attached hydrogen (secondary N) is 3. The van der Waals surface area contributed by atoms with E-state index in [9.17, 15) is 19.2 Å². The molecule has 1 amide bonds. The molecule has 0 saturated carbocycles. The van der Waals surface area contributed by atoms with Crippen molar-refractivity contribution >= 4 is 29.6 Å². The monoisotopic (exact) mass is 436 g/mol. The van der Waals surface area contributed by atoms with Crippen LogP contribution in [0, 0.1) is 0 Å². The van der Waals surface area contributed by atoms with Crippen LogP contribution in [0.3, 0.4) is 0 Å². The molecule has 2 atom stereocenters. The highest BCUT2D eigenvalue weighted by atomic mass is 16.4. The van der Waals surface area contributed by atoms with Gasteiger partial charge in [0.2, 0.25) is 5.95 Å². The number of aromatic nitrogens is 2. The number of carbonyl (C=O) groups is 3. The molecule has 1 aliphatic heterocycles. The van der Waals surface area contributed by atoms with Gasteiger partial charge in [-0.3, -0.25) is 19.4 Å². The first-order valence-corrected chi connectivity index (χ1v) is 9.44. The van der Waals surface area contributed by atoms with Crippen LogP contribution in [0.25, 0.3) is 2.86 Å². The van der Waals surface area contributed by atoms with Gasteiger partial charge in [-0.25, -0.2) is 4.79 Å². The summed E-state index contributed by atoms with van der Waals surface area (Å²) >= 11 is 0. The summed E-state index contributed by atoms with van der Waals surface area (Å²) in [5.41, 5.74) is 0.214. The largest absolute Gasteiger partial charge is 0.481 e. The second-order valence-electron chi connectivity index (χ2n) is 7.02. The molecule has 0 spiro atoms. The van der Waals surface area contributed by atoms with Gasteiger partial charge in [-0.2, -0.15) is 4.98 Å². The zero-order valence-electron chi connectivity index (χ0n) is 23.2. The van der Waals surface area contributed by atoms with Crippen LogP contribution in [0.5, 0.6) is 0 Å². The van der Waals surface area contributed by atoms with Crippen molar-refractivity contribution in [1.29, 1.82) is 2.86 Å². The summed E-state index contributed by atoms with van der Waals surface area (Å²) < 4.78 is 51.8. The van der Waals surface area contributed by atoms with Gasteiger partial charge in [-0.15, -0.1) is 0 Å². The lowest BCUT2D eigenvalue weighted by molar-refractivity contribution is -0.140. The Morgan fingerprint density at radius 1 is 1.39 bits per heavy atom. The fourth-order valence-corrected chi connectivity index (χ4v) is 3.29. The van der Waals surface area contributed by atoms with Crippen LogP contribution < -0.4 is 21.9 Å². The standard InChI is InChI=1S/C20H23N5O6/c21-20-24-16-15(18(29)25-20)12(9-22-16)6-3-10-1-4-11(5-2-10)17(28)23-13(19(30)31)7-8-14(26)27/h1-2,4-5,12-13H,3,6-9H2,(H,23,28)(H,26,27)(H,30,31)(H4,21,22,24,25,29)/t12?,13-/m0/s1/i/hD7. The number of carbonyl (C=O) groups excluding carboxylic acids is 1.